The van der Waals surface area contributed by atoms with E-state index in [-0.39, 0.29) is 5.92 Å². The summed E-state index contributed by atoms with van der Waals surface area (Å²) in [7, 11) is 0. The molecular weight excluding hydrogens is 759 g/mol. The second-order valence-electron chi connectivity index (χ2n) is 16.7. The van der Waals surface area contributed by atoms with E-state index in [1.807, 2.05) is 0 Å². The predicted octanol–water partition coefficient (Wildman–Crippen LogP) is 17.1. The van der Waals surface area contributed by atoms with Gasteiger partial charge in [0, 0.05) is 23.0 Å². The van der Waals surface area contributed by atoms with Gasteiger partial charge in [0.05, 0.1) is 0 Å². The molecule has 1 nitrogen and oxygen atoms in total. The number of rotatable bonds is 7. The van der Waals surface area contributed by atoms with Crippen LogP contribution in [0.5, 0.6) is 0 Å². The standard InChI is InChI=1S/C62H43N/c1-5-19-42(20-6-1)57-41-58(43-33-36-49(37-34-43)63(47-24-9-3-10-25-47)48-26-11-4-12-27-48)61-54-32-18-17-31-53(54)59-40-46(35-38-55(59)62(61)60(57)44-21-7-2-8-22-44)56-39-45-23-13-14-28-50(45)51-29-15-16-30-52(51)56/h1-39,41,46H,40H2. The smallest absolute Gasteiger partial charge is 0.0462 e. The SMILES string of the molecule is C1=CC(c2cc3ccccc3c3ccccc23)Cc2c1c1c(-c3ccccc3)c(-c3ccccc3)cc(-c3ccc(N(c4ccccc4)c4ccccc4)cc3)c1c1ccccc21. The molecule has 0 saturated carbocycles. The van der Waals surface area contributed by atoms with E-state index in [1.54, 1.807) is 0 Å². The van der Waals surface area contributed by atoms with Crippen molar-refractivity contribution >= 4 is 66.2 Å². The first kappa shape index (κ1) is 36.8. The van der Waals surface area contributed by atoms with Crippen LogP contribution in [-0.4, -0.2) is 0 Å². The first-order valence-electron chi connectivity index (χ1n) is 22.0. The van der Waals surface area contributed by atoms with Crippen LogP contribution in [0.3, 0.4) is 0 Å². The fourth-order valence-electron chi connectivity index (χ4n) is 10.4. The molecular formula is C62H43N. The van der Waals surface area contributed by atoms with Gasteiger partial charge in [-0.3, -0.25) is 0 Å². The Balaban J connectivity index is 1.13. The molecule has 0 N–H and O–H groups in total. The van der Waals surface area contributed by atoms with Crippen LogP contribution in [0, 0.1) is 0 Å². The average Bonchev–Trinajstić information content (AvgIpc) is 3.37. The monoisotopic (exact) mass is 801 g/mol. The molecule has 0 aliphatic heterocycles. The molecule has 12 rings (SSSR count). The Morgan fingerprint density at radius 1 is 0.365 bits per heavy atom. The number of hydrogen-bond donors (Lipinski definition) is 0. The van der Waals surface area contributed by atoms with E-state index >= 15 is 0 Å². The number of allylic oxidation sites excluding steroid dienone is 1. The van der Waals surface area contributed by atoms with Crippen molar-refractivity contribution in [2.45, 2.75) is 12.3 Å². The summed E-state index contributed by atoms with van der Waals surface area (Å²) in [5.41, 5.74) is 14.8. The Labute approximate surface area is 368 Å². The van der Waals surface area contributed by atoms with Crippen LogP contribution in [0.1, 0.15) is 22.6 Å². The quantitative estimate of drug-likeness (QED) is 0.145. The molecule has 0 saturated heterocycles. The van der Waals surface area contributed by atoms with Crippen molar-refractivity contribution in [3.05, 3.63) is 253 Å². The van der Waals surface area contributed by atoms with Gasteiger partial charge in [0.15, 0.2) is 0 Å². The minimum absolute atomic E-state index is 0.217. The average molecular weight is 802 g/mol. The Morgan fingerprint density at radius 2 is 0.873 bits per heavy atom. The summed E-state index contributed by atoms with van der Waals surface area (Å²) < 4.78 is 0. The highest BCUT2D eigenvalue weighted by atomic mass is 15.1. The highest BCUT2D eigenvalue weighted by molar-refractivity contribution is 6.24. The van der Waals surface area contributed by atoms with Crippen LogP contribution in [0.2, 0.25) is 0 Å². The molecule has 0 spiro atoms. The van der Waals surface area contributed by atoms with Crippen LogP contribution in [0.4, 0.5) is 17.1 Å². The molecule has 0 fully saturated rings. The third kappa shape index (κ3) is 6.32. The molecule has 63 heavy (non-hydrogen) atoms. The van der Waals surface area contributed by atoms with Gasteiger partial charge in [0.1, 0.15) is 0 Å². The zero-order valence-corrected chi connectivity index (χ0v) is 34.8. The second kappa shape index (κ2) is 15.5. The van der Waals surface area contributed by atoms with Crippen LogP contribution >= 0.6 is 0 Å². The molecule has 0 aromatic heterocycles. The van der Waals surface area contributed by atoms with Gasteiger partial charge >= 0.3 is 0 Å². The Hall–Kier alpha value is -8.00. The molecule has 0 radical (unpaired) electrons. The molecule has 1 unspecified atom stereocenters. The third-order valence-corrected chi connectivity index (χ3v) is 13.2. The van der Waals surface area contributed by atoms with Gasteiger partial charge in [-0.15, -0.1) is 0 Å². The molecule has 1 aliphatic carbocycles. The highest BCUT2D eigenvalue weighted by Crippen LogP contribution is 2.51. The predicted molar refractivity (Wildman–Crippen MR) is 269 cm³/mol. The van der Waals surface area contributed by atoms with Crippen molar-refractivity contribution in [3.63, 3.8) is 0 Å². The van der Waals surface area contributed by atoms with Crippen LogP contribution < -0.4 is 4.90 Å². The first-order chi connectivity index (χ1) is 31.3. The van der Waals surface area contributed by atoms with E-state index in [4.69, 9.17) is 0 Å². The highest BCUT2D eigenvalue weighted by Gasteiger charge is 2.27. The maximum absolute atomic E-state index is 2.49. The summed E-state index contributed by atoms with van der Waals surface area (Å²) in [6, 6.07) is 84.5. The summed E-state index contributed by atoms with van der Waals surface area (Å²) >= 11 is 0. The van der Waals surface area contributed by atoms with Gasteiger partial charge in [-0.25, -0.2) is 0 Å². The minimum Gasteiger partial charge on any atom is -0.311 e. The number of hydrogen-bond acceptors (Lipinski definition) is 1. The van der Waals surface area contributed by atoms with E-state index in [1.165, 1.54) is 93.2 Å². The zero-order chi connectivity index (χ0) is 41.7. The number of benzene rings is 11. The van der Waals surface area contributed by atoms with Crippen molar-refractivity contribution < 1.29 is 0 Å². The summed E-state index contributed by atoms with van der Waals surface area (Å²) in [4.78, 5) is 2.33. The van der Waals surface area contributed by atoms with Gasteiger partial charge in [0.25, 0.3) is 0 Å². The minimum atomic E-state index is 0.217. The summed E-state index contributed by atoms with van der Waals surface area (Å²) in [6.45, 7) is 0. The fourth-order valence-corrected chi connectivity index (χ4v) is 10.4. The lowest BCUT2D eigenvalue weighted by molar-refractivity contribution is 0.843. The third-order valence-electron chi connectivity index (χ3n) is 13.2. The molecule has 1 aliphatic rings. The maximum Gasteiger partial charge on any atom is 0.0462 e. The van der Waals surface area contributed by atoms with Gasteiger partial charge in [0.2, 0.25) is 0 Å². The molecule has 0 amide bonds. The zero-order valence-electron chi connectivity index (χ0n) is 34.8. The van der Waals surface area contributed by atoms with Gasteiger partial charge in [-0.1, -0.05) is 194 Å². The normalized spacial score (nSPS) is 13.4. The Bertz CT molecular complexity index is 3460. The van der Waals surface area contributed by atoms with Crippen molar-refractivity contribution in [1.29, 1.82) is 0 Å². The van der Waals surface area contributed by atoms with Crippen molar-refractivity contribution in [2.24, 2.45) is 0 Å². The lowest BCUT2D eigenvalue weighted by Crippen LogP contribution is -2.09. The Morgan fingerprint density at radius 3 is 1.54 bits per heavy atom. The lowest BCUT2D eigenvalue weighted by atomic mass is 9.75. The summed E-state index contributed by atoms with van der Waals surface area (Å²) in [5.74, 6) is 0.217. The molecule has 296 valence electrons. The number of para-hydroxylation sites is 2. The van der Waals surface area contributed by atoms with Crippen molar-refractivity contribution in [3.8, 4) is 33.4 Å². The topological polar surface area (TPSA) is 3.24 Å². The number of anilines is 3. The van der Waals surface area contributed by atoms with E-state index in [9.17, 15) is 0 Å². The van der Waals surface area contributed by atoms with Crippen LogP contribution in [0.25, 0.3) is 82.5 Å². The van der Waals surface area contributed by atoms with E-state index < -0.39 is 0 Å². The van der Waals surface area contributed by atoms with Gasteiger partial charge < -0.3 is 4.90 Å². The molecule has 0 bridgehead atoms. The first-order valence-corrected chi connectivity index (χ1v) is 22.0. The second-order valence-corrected chi connectivity index (χ2v) is 16.7. The van der Waals surface area contributed by atoms with Gasteiger partial charge in [-0.2, -0.15) is 0 Å². The van der Waals surface area contributed by atoms with Crippen molar-refractivity contribution in [1.82, 2.24) is 0 Å². The molecule has 1 atom stereocenters. The lowest BCUT2D eigenvalue weighted by Gasteiger charge is -2.28. The van der Waals surface area contributed by atoms with Crippen LogP contribution in [-0.2, 0) is 6.42 Å². The van der Waals surface area contributed by atoms with E-state index in [0.29, 0.717) is 0 Å². The van der Waals surface area contributed by atoms with E-state index in [0.717, 1.165) is 23.5 Å². The summed E-state index contributed by atoms with van der Waals surface area (Å²) in [5, 5.41) is 10.5. The number of fused-ring (bicyclic) bond motifs is 9. The van der Waals surface area contributed by atoms with E-state index in [2.05, 4.69) is 248 Å². The molecule has 11 aromatic rings. The van der Waals surface area contributed by atoms with Gasteiger partial charge in [-0.05, 0) is 148 Å². The number of nitrogens with zero attached hydrogens (tertiary/aromatic N) is 1. The largest absolute Gasteiger partial charge is 0.311 e. The molecule has 1 heteroatoms. The molecule has 11 aromatic carbocycles. The van der Waals surface area contributed by atoms with Crippen LogP contribution in [0.15, 0.2) is 237 Å². The Kier molecular flexibility index (Phi) is 9.04. The fraction of sp³-hybridized carbons (Fsp3) is 0.0323. The maximum atomic E-state index is 2.49. The molecule has 0 heterocycles. The van der Waals surface area contributed by atoms with Crippen molar-refractivity contribution in [2.75, 3.05) is 4.90 Å². The summed E-state index contributed by atoms with van der Waals surface area (Å²) in [6.07, 6.45) is 5.87.